The van der Waals surface area contributed by atoms with E-state index in [0.717, 1.165) is 0 Å². The summed E-state index contributed by atoms with van der Waals surface area (Å²) in [6.45, 7) is -0.299. The highest BCUT2D eigenvalue weighted by atomic mass is 35.5. The Kier molecular flexibility index (Phi) is 4.90. The molecule has 6 nitrogen and oxygen atoms in total. The lowest BCUT2D eigenvalue weighted by Crippen LogP contribution is -2.25. The number of hydrogen-bond donors (Lipinski definition) is 2. The van der Waals surface area contributed by atoms with Crippen molar-refractivity contribution in [2.24, 2.45) is 7.05 Å². The average Bonchev–Trinajstić information content (AvgIpc) is 2.82. The number of aliphatic hydroxyl groups excluding tert-OH is 1. The number of sulfonamides is 1. The Morgan fingerprint density at radius 2 is 2.05 bits per heavy atom. The molecule has 0 radical (unpaired) electrons. The number of aryl methyl sites for hydroxylation is 1. The summed E-state index contributed by atoms with van der Waals surface area (Å²) in [5.41, 5.74) is 0.994. The molecule has 0 bridgehead atoms. The molecule has 0 saturated heterocycles. The molecular weight excluding hydrogens is 337 g/mol. The van der Waals surface area contributed by atoms with Crippen LogP contribution < -0.4 is 4.72 Å². The molecule has 9 heteroatoms. The zero-order chi connectivity index (χ0) is 15.6. The van der Waals surface area contributed by atoms with Crippen molar-refractivity contribution in [3.63, 3.8) is 0 Å². The van der Waals surface area contributed by atoms with Gasteiger partial charge in [-0.3, -0.25) is 4.68 Å². The lowest BCUT2D eigenvalue weighted by molar-refractivity contribution is 0.281. The van der Waals surface area contributed by atoms with Crippen molar-refractivity contribution < 1.29 is 13.5 Å². The topological polar surface area (TPSA) is 84.2 Å². The van der Waals surface area contributed by atoms with Gasteiger partial charge in [0, 0.05) is 18.3 Å². The van der Waals surface area contributed by atoms with E-state index in [1.165, 1.54) is 12.1 Å². The van der Waals surface area contributed by atoms with Gasteiger partial charge in [0.15, 0.2) is 0 Å². The molecule has 0 aliphatic carbocycles. The molecule has 2 aromatic rings. The number of nitrogens with one attached hydrogen (secondary N) is 1. The number of rotatable bonds is 5. The SMILES string of the molecule is Cn1nccc1CNS(=O)(=O)c1cc(CO)c(Cl)cc1Cl. The second-order valence-corrected chi connectivity index (χ2v) is 6.85. The maximum atomic E-state index is 12.3. The molecule has 1 heterocycles. The Labute approximate surface area is 132 Å². The largest absolute Gasteiger partial charge is 0.392 e. The minimum Gasteiger partial charge on any atom is -0.392 e. The number of halogens is 2. The maximum Gasteiger partial charge on any atom is 0.242 e. The van der Waals surface area contributed by atoms with Crippen molar-refractivity contribution in [2.45, 2.75) is 18.0 Å². The van der Waals surface area contributed by atoms with Crippen LogP contribution >= 0.6 is 23.2 Å². The van der Waals surface area contributed by atoms with Crippen LogP contribution in [0.4, 0.5) is 0 Å². The Morgan fingerprint density at radius 1 is 1.33 bits per heavy atom. The van der Waals surface area contributed by atoms with E-state index in [4.69, 9.17) is 28.3 Å². The van der Waals surface area contributed by atoms with Gasteiger partial charge >= 0.3 is 0 Å². The molecule has 0 saturated carbocycles. The fourth-order valence-electron chi connectivity index (χ4n) is 1.72. The second kappa shape index (κ2) is 6.33. The Balaban J connectivity index is 2.29. The number of aliphatic hydroxyl groups is 1. The van der Waals surface area contributed by atoms with Gasteiger partial charge in [-0.2, -0.15) is 5.10 Å². The molecule has 0 amide bonds. The van der Waals surface area contributed by atoms with Crippen LogP contribution in [0.2, 0.25) is 10.0 Å². The van der Waals surface area contributed by atoms with E-state index in [0.29, 0.717) is 11.3 Å². The van der Waals surface area contributed by atoms with Gasteiger partial charge in [-0.05, 0) is 23.8 Å². The third-order valence-corrected chi connectivity index (χ3v) is 5.14. The molecule has 0 spiro atoms. The molecule has 0 atom stereocenters. The number of benzene rings is 1. The van der Waals surface area contributed by atoms with Crippen LogP contribution in [0.5, 0.6) is 0 Å². The summed E-state index contributed by atoms with van der Waals surface area (Å²) >= 11 is 11.8. The normalized spacial score (nSPS) is 11.8. The third-order valence-electron chi connectivity index (χ3n) is 2.93. The smallest absolute Gasteiger partial charge is 0.242 e. The van der Waals surface area contributed by atoms with Gasteiger partial charge in [-0.1, -0.05) is 23.2 Å². The summed E-state index contributed by atoms with van der Waals surface area (Å²) in [6.07, 6.45) is 1.57. The predicted octanol–water partition coefficient (Wildman–Crippen LogP) is 1.70. The first kappa shape index (κ1) is 16.3. The monoisotopic (exact) mass is 349 g/mol. The molecule has 0 aliphatic rings. The van der Waals surface area contributed by atoms with Crippen molar-refractivity contribution in [3.8, 4) is 0 Å². The first-order valence-corrected chi connectivity index (χ1v) is 8.14. The first-order chi connectivity index (χ1) is 9.85. The minimum absolute atomic E-state index is 0.00490. The van der Waals surface area contributed by atoms with E-state index in [-0.39, 0.29) is 28.1 Å². The van der Waals surface area contributed by atoms with Gasteiger partial charge in [-0.15, -0.1) is 0 Å². The zero-order valence-electron chi connectivity index (χ0n) is 11.0. The third kappa shape index (κ3) is 3.56. The summed E-state index contributed by atoms with van der Waals surface area (Å²) in [4.78, 5) is -0.125. The predicted molar refractivity (Wildman–Crippen MR) is 79.6 cm³/mol. The average molecular weight is 350 g/mol. The van der Waals surface area contributed by atoms with Crippen LogP contribution in [0.3, 0.4) is 0 Å². The summed E-state index contributed by atoms with van der Waals surface area (Å²) in [6, 6.07) is 4.26. The fourth-order valence-corrected chi connectivity index (χ4v) is 3.57. The molecule has 0 fully saturated rings. The van der Waals surface area contributed by atoms with E-state index in [1.807, 2.05) is 0 Å². The van der Waals surface area contributed by atoms with Gasteiger partial charge < -0.3 is 5.11 Å². The van der Waals surface area contributed by atoms with Gasteiger partial charge in [0.2, 0.25) is 10.0 Å². The molecule has 21 heavy (non-hydrogen) atoms. The maximum absolute atomic E-state index is 12.3. The number of nitrogens with zero attached hydrogens (tertiary/aromatic N) is 2. The fraction of sp³-hybridized carbons (Fsp3) is 0.250. The standard InChI is InChI=1S/C12H13Cl2N3O3S/c1-17-9(2-3-15-17)6-16-21(19,20)12-4-8(7-18)10(13)5-11(12)14/h2-5,16,18H,6-7H2,1H3. The Morgan fingerprint density at radius 3 is 2.62 bits per heavy atom. The van der Waals surface area contributed by atoms with Crippen LogP contribution in [-0.4, -0.2) is 23.3 Å². The van der Waals surface area contributed by atoms with Crippen LogP contribution in [0.15, 0.2) is 29.3 Å². The van der Waals surface area contributed by atoms with Crippen LogP contribution in [0.1, 0.15) is 11.3 Å². The van der Waals surface area contributed by atoms with E-state index in [1.54, 1.807) is 24.0 Å². The van der Waals surface area contributed by atoms with Gasteiger partial charge in [0.1, 0.15) is 4.90 Å². The van der Waals surface area contributed by atoms with Crippen molar-refractivity contribution in [3.05, 3.63) is 45.7 Å². The summed E-state index contributed by atoms with van der Waals surface area (Å²) in [5.74, 6) is 0. The van der Waals surface area contributed by atoms with E-state index in [2.05, 4.69) is 9.82 Å². The lowest BCUT2D eigenvalue weighted by atomic mass is 10.2. The quantitative estimate of drug-likeness (QED) is 0.860. The van der Waals surface area contributed by atoms with E-state index < -0.39 is 10.0 Å². The van der Waals surface area contributed by atoms with Gasteiger partial charge in [0.25, 0.3) is 0 Å². The van der Waals surface area contributed by atoms with Crippen molar-refractivity contribution >= 4 is 33.2 Å². The second-order valence-electron chi connectivity index (χ2n) is 4.30. The highest BCUT2D eigenvalue weighted by Crippen LogP contribution is 2.28. The van der Waals surface area contributed by atoms with Crippen molar-refractivity contribution in [2.75, 3.05) is 0 Å². The molecule has 0 aliphatic heterocycles. The van der Waals surface area contributed by atoms with E-state index >= 15 is 0 Å². The highest BCUT2D eigenvalue weighted by Gasteiger charge is 2.20. The van der Waals surface area contributed by atoms with Crippen molar-refractivity contribution in [1.29, 1.82) is 0 Å². The van der Waals surface area contributed by atoms with Gasteiger partial charge in [-0.25, -0.2) is 13.1 Å². The Bertz CT molecular complexity index is 759. The number of hydrogen-bond acceptors (Lipinski definition) is 4. The van der Waals surface area contributed by atoms with E-state index in [9.17, 15) is 8.42 Å². The molecular formula is C12H13Cl2N3O3S. The zero-order valence-corrected chi connectivity index (χ0v) is 13.4. The molecule has 0 unspecified atom stereocenters. The molecule has 1 aromatic heterocycles. The molecule has 1 aromatic carbocycles. The highest BCUT2D eigenvalue weighted by molar-refractivity contribution is 7.89. The number of aromatic nitrogens is 2. The van der Waals surface area contributed by atoms with Crippen LogP contribution in [0, 0.1) is 0 Å². The summed E-state index contributed by atoms with van der Waals surface area (Å²) in [7, 11) is -2.11. The molecule has 114 valence electrons. The Hall–Kier alpha value is -1.12. The molecule has 2 N–H and O–H groups in total. The van der Waals surface area contributed by atoms with Crippen molar-refractivity contribution in [1.82, 2.24) is 14.5 Å². The minimum atomic E-state index is -3.83. The summed E-state index contributed by atoms with van der Waals surface area (Å²) in [5, 5.41) is 13.3. The van der Waals surface area contributed by atoms with Crippen LogP contribution in [-0.2, 0) is 30.2 Å². The first-order valence-electron chi connectivity index (χ1n) is 5.90. The summed E-state index contributed by atoms with van der Waals surface area (Å²) < 4.78 is 28.6. The van der Waals surface area contributed by atoms with Gasteiger partial charge in [0.05, 0.1) is 23.9 Å². The molecule has 2 rings (SSSR count). The van der Waals surface area contributed by atoms with Crippen LogP contribution in [0.25, 0.3) is 0 Å². The lowest BCUT2D eigenvalue weighted by Gasteiger charge is -2.11.